The van der Waals surface area contributed by atoms with Crippen LogP contribution in [0.1, 0.15) is 40.7 Å². The maximum absolute atomic E-state index is 5.94. The van der Waals surface area contributed by atoms with E-state index in [0.717, 1.165) is 30.4 Å². The van der Waals surface area contributed by atoms with Crippen molar-refractivity contribution in [3.63, 3.8) is 0 Å². The molecule has 0 aliphatic rings. The van der Waals surface area contributed by atoms with Crippen LogP contribution in [0.4, 0.5) is 0 Å². The minimum Gasteiger partial charge on any atom is -0.485 e. The molecule has 21 heavy (non-hydrogen) atoms. The number of benzene rings is 1. The van der Waals surface area contributed by atoms with Crippen LogP contribution in [0, 0.1) is 27.7 Å². The first-order chi connectivity index (χ1) is 10.0. The van der Waals surface area contributed by atoms with E-state index in [-0.39, 0.29) is 0 Å². The largest absolute Gasteiger partial charge is 0.485 e. The second kappa shape index (κ2) is 6.81. The molecule has 0 atom stereocenters. The van der Waals surface area contributed by atoms with E-state index in [9.17, 15) is 0 Å². The number of aryl methyl sites for hydroxylation is 3. The summed E-state index contributed by atoms with van der Waals surface area (Å²) in [6, 6.07) is 6.32. The van der Waals surface area contributed by atoms with E-state index < -0.39 is 0 Å². The molecule has 1 aromatic carbocycles. The zero-order chi connectivity index (χ0) is 15.4. The fourth-order valence-electron chi connectivity index (χ4n) is 2.37. The Bertz CT molecular complexity index is 614. The summed E-state index contributed by atoms with van der Waals surface area (Å²) in [7, 11) is 0. The van der Waals surface area contributed by atoms with Gasteiger partial charge >= 0.3 is 0 Å². The maximum Gasteiger partial charge on any atom is 0.146 e. The predicted molar refractivity (Wildman–Crippen MR) is 85.8 cm³/mol. The van der Waals surface area contributed by atoms with Crippen molar-refractivity contribution in [2.45, 2.75) is 47.8 Å². The van der Waals surface area contributed by atoms with Gasteiger partial charge in [-0.3, -0.25) is 0 Å². The van der Waals surface area contributed by atoms with Gasteiger partial charge in [0.05, 0.1) is 6.54 Å². The molecule has 0 aliphatic carbocycles. The number of hydrogen-bond acceptors (Lipinski definition) is 3. The van der Waals surface area contributed by atoms with Crippen molar-refractivity contribution < 1.29 is 9.15 Å². The Morgan fingerprint density at radius 3 is 2.52 bits per heavy atom. The van der Waals surface area contributed by atoms with Crippen LogP contribution in [0.3, 0.4) is 0 Å². The van der Waals surface area contributed by atoms with Gasteiger partial charge in [-0.05, 0) is 68.6 Å². The second-order valence-corrected chi connectivity index (χ2v) is 5.59. The minimum atomic E-state index is 0.469. The zero-order valence-electron chi connectivity index (χ0n) is 13.7. The Hall–Kier alpha value is -1.74. The highest BCUT2D eigenvalue weighted by Crippen LogP contribution is 2.25. The summed E-state index contributed by atoms with van der Waals surface area (Å²) < 4.78 is 11.8. The van der Waals surface area contributed by atoms with Crippen LogP contribution in [0.15, 0.2) is 22.6 Å². The van der Waals surface area contributed by atoms with Gasteiger partial charge in [-0.1, -0.05) is 13.0 Å². The highest BCUT2D eigenvalue weighted by atomic mass is 16.5. The van der Waals surface area contributed by atoms with E-state index in [1.807, 2.05) is 0 Å². The molecule has 1 aromatic heterocycles. The number of hydrogen-bond donors (Lipinski definition) is 1. The lowest BCUT2D eigenvalue weighted by Crippen LogP contribution is -2.11. The lowest BCUT2D eigenvalue weighted by molar-refractivity contribution is 0.263. The molecule has 3 nitrogen and oxygen atoms in total. The standard InChI is InChI=1S/C18H25NO2/c1-6-19-10-18-14(4)9-16(21-18)11-20-17-8-12(2)7-13(3)15(17)5/h7-9,19H,6,10-11H2,1-5H3. The van der Waals surface area contributed by atoms with Gasteiger partial charge in [0.25, 0.3) is 0 Å². The number of rotatable bonds is 6. The monoisotopic (exact) mass is 287 g/mol. The van der Waals surface area contributed by atoms with Gasteiger partial charge in [0.2, 0.25) is 0 Å². The molecule has 0 fully saturated rings. The second-order valence-electron chi connectivity index (χ2n) is 5.59. The first-order valence-corrected chi connectivity index (χ1v) is 7.50. The molecule has 114 valence electrons. The molecule has 0 saturated heterocycles. The Kier molecular flexibility index (Phi) is 5.07. The summed E-state index contributed by atoms with van der Waals surface area (Å²) in [5.74, 6) is 2.81. The van der Waals surface area contributed by atoms with Crippen LogP contribution < -0.4 is 10.1 Å². The third-order valence-electron chi connectivity index (χ3n) is 3.74. The minimum absolute atomic E-state index is 0.469. The van der Waals surface area contributed by atoms with Gasteiger partial charge in [0.15, 0.2) is 0 Å². The Morgan fingerprint density at radius 2 is 1.81 bits per heavy atom. The molecule has 1 heterocycles. The van der Waals surface area contributed by atoms with Crippen molar-refractivity contribution >= 4 is 0 Å². The highest BCUT2D eigenvalue weighted by Gasteiger charge is 2.09. The summed E-state index contributed by atoms with van der Waals surface area (Å²) in [5, 5.41) is 3.28. The third kappa shape index (κ3) is 3.88. The summed E-state index contributed by atoms with van der Waals surface area (Å²) in [5.41, 5.74) is 4.84. The number of nitrogens with one attached hydrogen (secondary N) is 1. The van der Waals surface area contributed by atoms with E-state index in [1.165, 1.54) is 22.3 Å². The molecule has 0 radical (unpaired) electrons. The molecular formula is C18H25NO2. The van der Waals surface area contributed by atoms with Crippen LogP contribution >= 0.6 is 0 Å². The lowest BCUT2D eigenvalue weighted by atomic mass is 10.1. The summed E-state index contributed by atoms with van der Waals surface area (Å²) in [6.07, 6.45) is 0. The van der Waals surface area contributed by atoms with Crippen LogP contribution in [-0.2, 0) is 13.2 Å². The maximum atomic E-state index is 5.94. The van der Waals surface area contributed by atoms with Crippen molar-refractivity contribution in [2.75, 3.05) is 6.54 Å². The van der Waals surface area contributed by atoms with Crippen molar-refractivity contribution in [3.8, 4) is 5.75 Å². The van der Waals surface area contributed by atoms with Gasteiger partial charge in [-0.15, -0.1) is 0 Å². The fraction of sp³-hybridized carbons (Fsp3) is 0.444. The van der Waals surface area contributed by atoms with E-state index in [1.54, 1.807) is 0 Å². The first-order valence-electron chi connectivity index (χ1n) is 7.50. The van der Waals surface area contributed by atoms with Crippen molar-refractivity contribution in [2.24, 2.45) is 0 Å². The number of furan rings is 1. The molecule has 2 aromatic rings. The molecule has 0 aliphatic heterocycles. The highest BCUT2D eigenvalue weighted by molar-refractivity contribution is 5.42. The van der Waals surface area contributed by atoms with Crippen molar-refractivity contribution in [3.05, 3.63) is 52.0 Å². The molecular weight excluding hydrogens is 262 g/mol. The number of ether oxygens (including phenoxy) is 1. The van der Waals surface area contributed by atoms with Gasteiger partial charge < -0.3 is 14.5 Å². The molecule has 2 rings (SSSR count). The molecule has 0 spiro atoms. The molecule has 0 bridgehead atoms. The quantitative estimate of drug-likeness (QED) is 0.864. The zero-order valence-corrected chi connectivity index (χ0v) is 13.7. The van der Waals surface area contributed by atoms with Crippen LogP contribution in [0.25, 0.3) is 0 Å². The fourth-order valence-corrected chi connectivity index (χ4v) is 2.37. The first kappa shape index (κ1) is 15.6. The Balaban J connectivity index is 2.06. The third-order valence-corrected chi connectivity index (χ3v) is 3.74. The van der Waals surface area contributed by atoms with E-state index in [4.69, 9.17) is 9.15 Å². The molecule has 0 unspecified atom stereocenters. The normalized spacial score (nSPS) is 10.9. The Labute approximate surface area is 127 Å². The van der Waals surface area contributed by atoms with E-state index >= 15 is 0 Å². The smallest absolute Gasteiger partial charge is 0.146 e. The van der Waals surface area contributed by atoms with Crippen molar-refractivity contribution in [1.29, 1.82) is 0 Å². The molecule has 1 N–H and O–H groups in total. The lowest BCUT2D eigenvalue weighted by Gasteiger charge is -2.11. The van der Waals surface area contributed by atoms with Crippen molar-refractivity contribution in [1.82, 2.24) is 5.32 Å². The van der Waals surface area contributed by atoms with Crippen LogP contribution in [0.5, 0.6) is 5.75 Å². The molecule has 0 saturated carbocycles. The summed E-state index contributed by atoms with van der Waals surface area (Å²) >= 11 is 0. The Morgan fingerprint density at radius 1 is 1.05 bits per heavy atom. The molecule has 0 amide bonds. The molecule has 3 heteroatoms. The van der Waals surface area contributed by atoms with E-state index in [2.05, 4.69) is 58.1 Å². The predicted octanol–water partition coefficient (Wildman–Crippen LogP) is 4.20. The average Bonchev–Trinajstić information content (AvgIpc) is 2.79. The SMILES string of the molecule is CCNCc1oc(COc2cc(C)cc(C)c2C)cc1C. The van der Waals surface area contributed by atoms with Crippen LogP contribution in [-0.4, -0.2) is 6.54 Å². The van der Waals surface area contributed by atoms with Gasteiger partial charge in [-0.25, -0.2) is 0 Å². The summed E-state index contributed by atoms with van der Waals surface area (Å²) in [6.45, 7) is 12.6. The van der Waals surface area contributed by atoms with Gasteiger partial charge in [0, 0.05) is 0 Å². The van der Waals surface area contributed by atoms with Gasteiger partial charge in [-0.2, -0.15) is 0 Å². The summed E-state index contributed by atoms with van der Waals surface area (Å²) in [4.78, 5) is 0. The average molecular weight is 287 g/mol. The van der Waals surface area contributed by atoms with E-state index in [0.29, 0.717) is 6.61 Å². The van der Waals surface area contributed by atoms with Crippen LogP contribution in [0.2, 0.25) is 0 Å². The van der Waals surface area contributed by atoms with Gasteiger partial charge in [0.1, 0.15) is 23.9 Å². The topological polar surface area (TPSA) is 34.4 Å².